The minimum atomic E-state index is -0.0354. The summed E-state index contributed by atoms with van der Waals surface area (Å²) in [5, 5.41) is 29.5. The molecule has 0 fully saturated rings. The Bertz CT molecular complexity index is 3660. The van der Waals surface area contributed by atoms with E-state index in [0.717, 1.165) is 57.7 Å². The van der Waals surface area contributed by atoms with Gasteiger partial charge in [0.15, 0.2) is 0 Å². The Morgan fingerprint density at radius 3 is 1.67 bits per heavy atom. The molecule has 1 aliphatic carbocycles. The number of nitriles is 2. The van der Waals surface area contributed by atoms with Crippen molar-refractivity contribution < 1.29 is 0 Å². The van der Waals surface area contributed by atoms with Gasteiger partial charge in [-0.05, 0) is 143 Å². The van der Waals surface area contributed by atoms with Crippen LogP contribution in [0.4, 0.5) is 34.1 Å². The first-order valence-corrected chi connectivity index (χ1v) is 25.2. The second kappa shape index (κ2) is 19.1. The maximum absolute atomic E-state index is 9.99. The monoisotopic (exact) mass is 914 g/mol. The Morgan fingerprint density at radius 1 is 0.536 bits per heavy atom. The van der Waals surface area contributed by atoms with Gasteiger partial charge in [0, 0.05) is 48.7 Å². The third-order valence-corrected chi connectivity index (χ3v) is 14.6. The summed E-state index contributed by atoms with van der Waals surface area (Å²) in [6.45, 7) is 19.4. The van der Waals surface area contributed by atoms with Crippen LogP contribution in [0.15, 0.2) is 169 Å². The molecular formula is C64H58N4S. The lowest BCUT2D eigenvalue weighted by Gasteiger charge is -2.33. The first-order valence-electron chi connectivity index (χ1n) is 24.3. The molecule has 0 bridgehead atoms. The molecule has 1 aromatic heterocycles. The van der Waals surface area contributed by atoms with Crippen LogP contribution in [0.2, 0.25) is 0 Å². The molecule has 0 unspecified atom stereocenters. The molecule has 4 nitrogen and oxygen atoms in total. The number of hydrogen-bond acceptors (Lipinski definition) is 5. The number of hydrogen-bond donors (Lipinski definition) is 0. The van der Waals surface area contributed by atoms with Gasteiger partial charge in [-0.15, -0.1) is 11.3 Å². The molecule has 11 rings (SSSR count). The average molecular weight is 915 g/mol. The quantitative estimate of drug-likeness (QED) is 0.150. The molecule has 5 heteroatoms. The number of anilines is 6. The highest BCUT2D eigenvalue weighted by Gasteiger charge is 2.28. The van der Waals surface area contributed by atoms with E-state index in [1.807, 2.05) is 63.3 Å². The van der Waals surface area contributed by atoms with Crippen LogP contribution in [0, 0.1) is 29.6 Å². The summed E-state index contributed by atoms with van der Waals surface area (Å²) in [5.41, 5.74) is 13.7. The fourth-order valence-electron chi connectivity index (χ4n) is 10.0. The standard InChI is InChI=1S/C60H46N4S.2C2H6/c1-37-12-6-7-13-46(37)47-15-10-17-52(38(47)2)63(44-26-20-39(35-61)21-27-44)54-34-55(51-31-25-42-33-43(60(3,4)5)32-41-24-30-50(54)58(51)57(41)42)64(45-28-22-40(36-62)23-29-45)53-18-11-16-49-48-14-8-9-19-56(48)65-59(49)53;2*1-2/h7-11,13-34H,6,12H2,1-5H3;2*1-2H3. The van der Waals surface area contributed by atoms with Gasteiger partial charge >= 0.3 is 0 Å². The number of fused-ring (bicyclic) bond motifs is 3. The highest BCUT2D eigenvalue weighted by Crippen LogP contribution is 2.53. The number of benzene rings is 9. The minimum absolute atomic E-state index is 0.0354. The molecule has 69 heavy (non-hydrogen) atoms. The summed E-state index contributed by atoms with van der Waals surface area (Å²) in [6.07, 6.45) is 6.68. The summed E-state index contributed by atoms with van der Waals surface area (Å²) in [7, 11) is 0. The largest absolute Gasteiger partial charge is 0.310 e. The van der Waals surface area contributed by atoms with E-state index in [9.17, 15) is 10.5 Å². The fourth-order valence-corrected chi connectivity index (χ4v) is 11.2. The van der Waals surface area contributed by atoms with Crippen molar-refractivity contribution in [2.75, 3.05) is 9.80 Å². The number of rotatable bonds is 7. The van der Waals surface area contributed by atoms with Gasteiger partial charge < -0.3 is 9.80 Å². The van der Waals surface area contributed by atoms with Crippen molar-refractivity contribution in [1.29, 1.82) is 10.5 Å². The second-order valence-corrected chi connectivity index (χ2v) is 19.4. The van der Waals surface area contributed by atoms with Crippen LogP contribution in [0.25, 0.3) is 58.1 Å². The molecule has 0 radical (unpaired) electrons. The van der Waals surface area contributed by atoms with Gasteiger partial charge in [0.2, 0.25) is 0 Å². The molecule has 0 aliphatic heterocycles. The lowest BCUT2D eigenvalue weighted by atomic mass is 9.83. The first kappa shape index (κ1) is 46.4. The van der Waals surface area contributed by atoms with Gasteiger partial charge in [-0.2, -0.15) is 10.5 Å². The van der Waals surface area contributed by atoms with Gasteiger partial charge in [-0.25, -0.2) is 0 Å². The third-order valence-electron chi connectivity index (χ3n) is 13.4. The Morgan fingerprint density at radius 2 is 1.09 bits per heavy atom. The van der Waals surface area contributed by atoms with E-state index in [1.54, 1.807) is 0 Å². The molecule has 0 saturated carbocycles. The second-order valence-electron chi connectivity index (χ2n) is 18.4. The molecule has 1 aliphatic rings. The van der Waals surface area contributed by atoms with Crippen LogP contribution in [-0.4, -0.2) is 0 Å². The molecule has 1 heterocycles. The van der Waals surface area contributed by atoms with Crippen molar-refractivity contribution in [3.8, 4) is 12.1 Å². The van der Waals surface area contributed by atoms with Gasteiger partial charge in [0.1, 0.15) is 0 Å². The predicted octanol–water partition coefficient (Wildman–Crippen LogP) is 19.4. The van der Waals surface area contributed by atoms with Crippen molar-refractivity contribution in [3.05, 3.63) is 197 Å². The van der Waals surface area contributed by atoms with Crippen LogP contribution >= 0.6 is 11.3 Å². The molecule has 0 atom stereocenters. The highest BCUT2D eigenvalue weighted by molar-refractivity contribution is 7.26. The fraction of sp³-hybridized carbons (Fsp3) is 0.188. The summed E-state index contributed by atoms with van der Waals surface area (Å²) in [4.78, 5) is 4.82. The SMILES string of the molecule is CC.CC.CC1=C(c2cccc(N(c3ccc(C#N)cc3)c3cc(N(c4ccc(C#N)cc4)c4cccc5c4sc4ccccc45)c4ccc5cc(C(C)(C)C)cc6ccc3c4c65)c2C)C=CCC1. The minimum Gasteiger partial charge on any atom is -0.310 e. The Hall–Kier alpha value is -7.70. The molecule has 340 valence electrons. The van der Waals surface area contributed by atoms with Crippen molar-refractivity contribution >= 4 is 104 Å². The molecule has 0 saturated heterocycles. The van der Waals surface area contributed by atoms with Crippen molar-refractivity contribution in [1.82, 2.24) is 0 Å². The zero-order valence-corrected chi connectivity index (χ0v) is 42.0. The van der Waals surface area contributed by atoms with Crippen molar-refractivity contribution in [3.63, 3.8) is 0 Å². The molecule has 0 N–H and O–H groups in total. The number of nitrogens with zero attached hydrogens (tertiary/aromatic N) is 4. The zero-order chi connectivity index (χ0) is 48.6. The molecule has 0 spiro atoms. The molecule has 9 aromatic carbocycles. The summed E-state index contributed by atoms with van der Waals surface area (Å²) in [5.74, 6) is 0. The van der Waals surface area contributed by atoms with Gasteiger partial charge in [-0.1, -0.05) is 145 Å². The van der Waals surface area contributed by atoms with Gasteiger partial charge in [0.25, 0.3) is 0 Å². The maximum Gasteiger partial charge on any atom is 0.0991 e. The highest BCUT2D eigenvalue weighted by atomic mass is 32.1. The van der Waals surface area contributed by atoms with Gasteiger partial charge in [0.05, 0.1) is 45.0 Å². The van der Waals surface area contributed by atoms with E-state index in [2.05, 4.69) is 196 Å². The van der Waals surface area contributed by atoms with E-state index in [1.165, 1.54) is 69.6 Å². The van der Waals surface area contributed by atoms with Crippen molar-refractivity contribution in [2.45, 2.75) is 80.6 Å². The molecular weight excluding hydrogens is 857 g/mol. The zero-order valence-electron chi connectivity index (χ0n) is 41.2. The van der Waals surface area contributed by atoms with Crippen LogP contribution in [-0.2, 0) is 5.41 Å². The third kappa shape index (κ3) is 8.18. The Kier molecular flexibility index (Phi) is 12.9. The van der Waals surface area contributed by atoms with E-state index >= 15 is 0 Å². The smallest absolute Gasteiger partial charge is 0.0991 e. The van der Waals surface area contributed by atoms with Crippen molar-refractivity contribution in [2.24, 2.45) is 0 Å². The van der Waals surface area contributed by atoms with E-state index < -0.39 is 0 Å². The average Bonchev–Trinajstić information content (AvgIpc) is 3.78. The van der Waals surface area contributed by atoms with E-state index in [-0.39, 0.29) is 5.41 Å². The predicted molar refractivity (Wildman–Crippen MR) is 299 cm³/mol. The molecule has 10 aromatic rings. The van der Waals surface area contributed by atoms with Crippen LogP contribution in [0.5, 0.6) is 0 Å². The molecule has 0 amide bonds. The van der Waals surface area contributed by atoms with E-state index in [4.69, 9.17) is 0 Å². The summed E-state index contributed by atoms with van der Waals surface area (Å²) >= 11 is 1.82. The van der Waals surface area contributed by atoms with Crippen LogP contribution < -0.4 is 9.80 Å². The lowest BCUT2D eigenvalue weighted by molar-refractivity contribution is 0.591. The number of thiophene rings is 1. The topological polar surface area (TPSA) is 54.1 Å². The normalized spacial score (nSPS) is 12.4. The number of allylic oxidation sites excluding steroid dienone is 4. The Labute approximate surface area is 411 Å². The van der Waals surface area contributed by atoms with Gasteiger partial charge in [-0.3, -0.25) is 0 Å². The maximum atomic E-state index is 9.99. The Balaban J connectivity index is 0.00000145. The summed E-state index contributed by atoms with van der Waals surface area (Å²) in [6, 6.07) is 59.1. The summed E-state index contributed by atoms with van der Waals surface area (Å²) < 4.78 is 2.43. The first-order chi connectivity index (χ1) is 33.6. The van der Waals surface area contributed by atoms with Crippen LogP contribution in [0.1, 0.15) is 96.0 Å². The lowest BCUT2D eigenvalue weighted by Crippen LogP contribution is -2.16. The van der Waals surface area contributed by atoms with Crippen LogP contribution in [0.3, 0.4) is 0 Å². The van der Waals surface area contributed by atoms with E-state index in [0.29, 0.717) is 11.1 Å².